The first-order valence-corrected chi connectivity index (χ1v) is 5.94. The van der Waals surface area contributed by atoms with Crippen LogP contribution in [0.3, 0.4) is 0 Å². The van der Waals surface area contributed by atoms with Crippen molar-refractivity contribution in [1.82, 2.24) is 10.6 Å². The van der Waals surface area contributed by atoms with Gasteiger partial charge in [0, 0.05) is 19.5 Å². The largest absolute Gasteiger partial charge is 0.356 e. The molecule has 0 bridgehead atoms. The second-order valence-electron chi connectivity index (χ2n) is 3.84. The van der Waals surface area contributed by atoms with Crippen LogP contribution in [0.2, 0.25) is 0 Å². The van der Waals surface area contributed by atoms with Crippen molar-refractivity contribution in [3.8, 4) is 0 Å². The predicted octanol–water partition coefficient (Wildman–Crippen LogP) is 1.47. The first kappa shape index (κ1) is 14.2. The first-order valence-electron chi connectivity index (χ1n) is 5.94. The van der Waals surface area contributed by atoms with Crippen LogP contribution < -0.4 is 10.6 Å². The zero-order chi connectivity index (χ0) is 13.4. The van der Waals surface area contributed by atoms with Gasteiger partial charge in [0.15, 0.2) is 0 Å². The molecule has 5 heteroatoms. The van der Waals surface area contributed by atoms with Crippen LogP contribution >= 0.6 is 0 Å². The van der Waals surface area contributed by atoms with Gasteiger partial charge in [0.25, 0.3) is 5.91 Å². The molecule has 0 heterocycles. The minimum atomic E-state index is -0.564. The second kappa shape index (κ2) is 7.42. The number of nitrogens with one attached hydrogen (secondary N) is 2. The van der Waals surface area contributed by atoms with Crippen molar-refractivity contribution in [2.24, 2.45) is 0 Å². The Morgan fingerprint density at radius 1 is 1.17 bits per heavy atom. The van der Waals surface area contributed by atoms with Crippen molar-refractivity contribution < 1.29 is 14.0 Å². The van der Waals surface area contributed by atoms with Gasteiger partial charge in [-0.1, -0.05) is 19.1 Å². The molecule has 0 fully saturated rings. The second-order valence-corrected chi connectivity index (χ2v) is 3.84. The molecule has 0 spiro atoms. The van der Waals surface area contributed by atoms with Crippen molar-refractivity contribution in [2.45, 2.75) is 19.8 Å². The van der Waals surface area contributed by atoms with E-state index in [-0.39, 0.29) is 24.4 Å². The summed E-state index contributed by atoms with van der Waals surface area (Å²) in [5, 5.41) is 5.20. The van der Waals surface area contributed by atoms with E-state index < -0.39 is 11.7 Å². The van der Waals surface area contributed by atoms with Gasteiger partial charge in [-0.05, 0) is 18.6 Å². The Labute approximate surface area is 106 Å². The summed E-state index contributed by atoms with van der Waals surface area (Å²) in [4.78, 5) is 22.8. The Bertz CT molecular complexity index is 421. The molecule has 0 radical (unpaired) electrons. The van der Waals surface area contributed by atoms with Crippen molar-refractivity contribution in [3.63, 3.8) is 0 Å². The number of carbonyl (C=O) groups excluding carboxylic acids is 2. The average Bonchev–Trinajstić information content (AvgIpc) is 2.36. The molecule has 0 saturated carbocycles. The highest BCUT2D eigenvalue weighted by molar-refractivity contribution is 5.94. The van der Waals surface area contributed by atoms with E-state index in [1.165, 1.54) is 18.2 Å². The minimum Gasteiger partial charge on any atom is -0.356 e. The lowest BCUT2D eigenvalue weighted by Gasteiger charge is -2.06. The van der Waals surface area contributed by atoms with Crippen LogP contribution in [0.25, 0.3) is 0 Å². The normalized spacial score (nSPS) is 9.89. The third-order valence-corrected chi connectivity index (χ3v) is 2.33. The number of halogens is 1. The van der Waals surface area contributed by atoms with Crippen LogP contribution in [0.4, 0.5) is 4.39 Å². The maximum absolute atomic E-state index is 13.3. The van der Waals surface area contributed by atoms with Gasteiger partial charge in [-0.2, -0.15) is 0 Å². The van der Waals surface area contributed by atoms with Crippen molar-refractivity contribution in [2.75, 3.05) is 13.1 Å². The van der Waals surface area contributed by atoms with Gasteiger partial charge in [0.1, 0.15) is 5.82 Å². The van der Waals surface area contributed by atoms with Gasteiger partial charge in [-0.15, -0.1) is 0 Å². The smallest absolute Gasteiger partial charge is 0.254 e. The summed E-state index contributed by atoms with van der Waals surface area (Å²) < 4.78 is 13.3. The quantitative estimate of drug-likeness (QED) is 0.805. The Kier molecular flexibility index (Phi) is 5.84. The number of rotatable bonds is 6. The van der Waals surface area contributed by atoms with Crippen LogP contribution in [0, 0.1) is 5.82 Å². The van der Waals surface area contributed by atoms with Gasteiger partial charge in [-0.25, -0.2) is 4.39 Å². The molecule has 1 aromatic carbocycles. The number of hydrogen-bond donors (Lipinski definition) is 2. The molecule has 0 aromatic heterocycles. The molecule has 0 unspecified atom stereocenters. The average molecular weight is 252 g/mol. The third-order valence-electron chi connectivity index (χ3n) is 2.33. The SMILES string of the molecule is CCCNC(=O)CCNC(=O)c1ccccc1F. The van der Waals surface area contributed by atoms with E-state index in [0.717, 1.165) is 6.42 Å². The van der Waals surface area contributed by atoms with E-state index >= 15 is 0 Å². The summed E-state index contributed by atoms with van der Waals surface area (Å²) >= 11 is 0. The molecule has 4 nitrogen and oxygen atoms in total. The molecular formula is C13H17FN2O2. The molecule has 98 valence electrons. The standard InChI is InChI=1S/C13H17FN2O2/c1-2-8-15-12(17)7-9-16-13(18)10-5-3-4-6-11(10)14/h3-6H,2,7-9H2,1H3,(H,15,17)(H,16,18). The van der Waals surface area contributed by atoms with Gasteiger partial charge < -0.3 is 10.6 Å². The van der Waals surface area contributed by atoms with Crippen LogP contribution in [0.5, 0.6) is 0 Å². The van der Waals surface area contributed by atoms with Gasteiger partial charge in [-0.3, -0.25) is 9.59 Å². The van der Waals surface area contributed by atoms with E-state index in [2.05, 4.69) is 10.6 Å². The number of benzene rings is 1. The number of carbonyl (C=O) groups is 2. The molecular weight excluding hydrogens is 235 g/mol. The van der Waals surface area contributed by atoms with Crippen LogP contribution in [0.1, 0.15) is 30.1 Å². The molecule has 1 rings (SSSR count). The Morgan fingerprint density at radius 2 is 1.89 bits per heavy atom. The van der Waals surface area contributed by atoms with Gasteiger partial charge in [0.05, 0.1) is 5.56 Å². The molecule has 1 aromatic rings. The van der Waals surface area contributed by atoms with E-state index in [1.54, 1.807) is 6.07 Å². The van der Waals surface area contributed by atoms with E-state index in [4.69, 9.17) is 0 Å². The summed E-state index contributed by atoms with van der Waals surface area (Å²) in [5.41, 5.74) is -0.00790. The molecule has 18 heavy (non-hydrogen) atoms. The molecule has 2 N–H and O–H groups in total. The van der Waals surface area contributed by atoms with E-state index in [0.29, 0.717) is 6.54 Å². The minimum absolute atomic E-state index is 0.00790. The zero-order valence-electron chi connectivity index (χ0n) is 10.3. The lowest BCUT2D eigenvalue weighted by Crippen LogP contribution is -2.31. The van der Waals surface area contributed by atoms with Gasteiger partial charge >= 0.3 is 0 Å². The Hall–Kier alpha value is -1.91. The van der Waals surface area contributed by atoms with Crippen molar-refractivity contribution >= 4 is 11.8 Å². The monoisotopic (exact) mass is 252 g/mol. The fraction of sp³-hybridized carbons (Fsp3) is 0.385. The fourth-order valence-corrected chi connectivity index (χ4v) is 1.38. The Balaban J connectivity index is 2.34. The highest BCUT2D eigenvalue weighted by Crippen LogP contribution is 2.05. The van der Waals surface area contributed by atoms with Crippen LogP contribution in [-0.4, -0.2) is 24.9 Å². The molecule has 2 amide bonds. The number of amides is 2. The van der Waals surface area contributed by atoms with Crippen molar-refractivity contribution in [3.05, 3.63) is 35.6 Å². The topological polar surface area (TPSA) is 58.2 Å². The molecule has 0 aliphatic rings. The maximum atomic E-state index is 13.3. The summed E-state index contributed by atoms with van der Waals surface area (Å²) in [6.45, 7) is 2.78. The van der Waals surface area contributed by atoms with Crippen LogP contribution in [0.15, 0.2) is 24.3 Å². The third kappa shape index (κ3) is 4.53. The molecule has 0 atom stereocenters. The van der Waals surface area contributed by atoms with Crippen molar-refractivity contribution in [1.29, 1.82) is 0 Å². The summed E-state index contributed by atoms with van der Waals surface area (Å²) in [7, 11) is 0. The molecule has 0 aliphatic carbocycles. The molecule has 0 aliphatic heterocycles. The zero-order valence-corrected chi connectivity index (χ0v) is 10.3. The maximum Gasteiger partial charge on any atom is 0.254 e. The Morgan fingerprint density at radius 3 is 2.56 bits per heavy atom. The van der Waals surface area contributed by atoms with Crippen LogP contribution in [-0.2, 0) is 4.79 Å². The van der Waals surface area contributed by atoms with E-state index in [9.17, 15) is 14.0 Å². The van der Waals surface area contributed by atoms with Gasteiger partial charge in [0.2, 0.25) is 5.91 Å². The first-order chi connectivity index (χ1) is 8.65. The summed E-state index contributed by atoms with van der Waals surface area (Å²) in [5.74, 6) is -1.19. The lowest BCUT2D eigenvalue weighted by atomic mass is 10.2. The predicted molar refractivity (Wildman–Crippen MR) is 66.7 cm³/mol. The summed E-state index contributed by atoms with van der Waals surface area (Å²) in [6.07, 6.45) is 1.06. The van der Waals surface area contributed by atoms with E-state index in [1.807, 2.05) is 6.92 Å². The molecule has 0 saturated heterocycles. The summed E-state index contributed by atoms with van der Waals surface area (Å²) in [6, 6.07) is 5.74. The highest BCUT2D eigenvalue weighted by Gasteiger charge is 2.10. The highest BCUT2D eigenvalue weighted by atomic mass is 19.1. The number of hydrogen-bond acceptors (Lipinski definition) is 2. The lowest BCUT2D eigenvalue weighted by molar-refractivity contribution is -0.120. The fourth-order valence-electron chi connectivity index (χ4n) is 1.38.